The second-order valence-electron chi connectivity index (χ2n) is 18.0. The largest absolute Gasteiger partial charge is 0.480 e. The molecule has 0 rings (SSSR count). The molecule has 0 saturated carbocycles. The molecule has 0 aliphatic carbocycles. The topological polar surface area (TPSA) is 155 Å². The minimum Gasteiger partial charge on any atom is -0.480 e. The Balaban J connectivity index is 4.22. The van der Waals surface area contributed by atoms with Crippen LogP contribution in [0, 0.1) is 0 Å². The van der Waals surface area contributed by atoms with Crippen LogP contribution < -0.4 is 5.73 Å². The number of hydrogen-bond donors (Lipinski definition) is 3. The molecule has 0 bridgehead atoms. The van der Waals surface area contributed by atoms with Gasteiger partial charge in [0, 0.05) is 13.0 Å². The van der Waals surface area contributed by atoms with Crippen molar-refractivity contribution in [2.24, 2.45) is 5.73 Å². The average molecular weight is 986 g/mol. The highest BCUT2D eigenvalue weighted by molar-refractivity contribution is 7.47. The molecule has 0 aromatic carbocycles. The summed E-state index contributed by atoms with van der Waals surface area (Å²) in [5.41, 5.74) is 5.38. The lowest BCUT2D eigenvalue weighted by Gasteiger charge is -2.20. The lowest BCUT2D eigenvalue weighted by molar-refractivity contribution is -0.154. The van der Waals surface area contributed by atoms with Gasteiger partial charge < -0.3 is 25.2 Å². The molecule has 0 amide bonds. The van der Waals surface area contributed by atoms with Crippen molar-refractivity contribution in [3.8, 4) is 0 Å². The van der Waals surface area contributed by atoms with Gasteiger partial charge in [-0.1, -0.05) is 220 Å². The van der Waals surface area contributed by atoms with Crippen LogP contribution in [0.5, 0.6) is 0 Å². The zero-order chi connectivity index (χ0) is 50.4. The summed E-state index contributed by atoms with van der Waals surface area (Å²) in [4.78, 5) is 33.7. The van der Waals surface area contributed by atoms with E-state index < -0.39 is 45.1 Å². The monoisotopic (exact) mass is 986 g/mol. The number of nitrogens with two attached hydrogens (primary N) is 1. The smallest absolute Gasteiger partial charge is 0.472 e. The molecule has 0 aromatic rings. The highest BCUT2D eigenvalue weighted by atomic mass is 31.2. The molecule has 3 unspecified atom stereocenters. The molecule has 0 aliphatic rings. The second kappa shape index (κ2) is 52.7. The molecule has 396 valence electrons. The number of ether oxygens (including phenoxy) is 2. The van der Waals surface area contributed by atoms with Crippen LogP contribution in [0.3, 0.4) is 0 Å². The number of esters is 1. The maximum absolute atomic E-state index is 12.7. The fourth-order valence-corrected chi connectivity index (χ4v) is 7.96. The minimum absolute atomic E-state index is 0.0116. The van der Waals surface area contributed by atoms with E-state index in [4.69, 9.17) is 29.4 Å². The first-order chi connectivity index (χ1) is 33.7. The Kier molecular flexibility index (Phi) is 50.3. The summed E-state index contributed by atoms with van der Waals surface area (Å²) in [6, 6.07) is -1.49. The van der Waals surface area contributed by atoms with Crippen molar-refractivity contribution in [2.75, 3.05) is 26.4 Å². The molecular formula is C58H100NO9P. The fraction of sp³-hybridized carbons (Fsp3) is 0.690. The molecule has 0 fully saturated rings. The molecule has 0 radical (unpaired) electrons. The Morgan fingerprint density at radius 2 is 0.841 bits per heavy atom. The number of rotatable bonds is 51. The van der Waals surface area contributed by atoms with Gasteiger partial charge in [0.25, 0.3) is 0 Å². The van der Waals surface area contributed by atoms with Gasteiger partial charge in [-0.3, -0.25) is 18.6 Å². The number of carboxylic acid groups (broad SMARTS) is 1. The van der Waals surface area contributed by atoms with Crippen LogP contribution in [0.4, 0.5) is 0 Å². The van der Waals surface area contributed by atoms with E-state index in [0.717, 1.165) is 64.2 Å². The van der Waals surface area contributed by atoms with Gasteiger partial charge in [-0.2, -0.15) is 0 Å². The normalized spacial score (nSPS) is 14.4. The van der Waals surface area contributed by atoms with E-state index in [2.05, 4.69) is 105 Å². The van der Waals surface area contributed by atoms with Gasteiger partial charge in [-0.05, 0) is 89.9 Å². The lowest BCUT2D eigenvalue weighted by Crippen LogP contribution is -2.34. The van der Waals surface area contributed by atoms with E-state index in [1.807, 2.05) is 6.08 Å². The molecule has 0 aromatic heterocycles. The number of unbranched alkanes of at least 4 members (excludes halogenated alkanes) is 21. The van der Waals surface area contributed by atoms with Crippen molar-refractivity contribution in [3.05, 3.63) is 97.2 Å². The Morgan fingerprint density at radius 1 is 0.478 bits per heavy atom. The molecule has 0 saturated heterocycles. The van der Waals surface area contributed by atoms with Gasteiger partial charge >= 0.3 is 19.8 Å². The maximum atomic E-state index is 12.7. The molecule has 3 atom stereocenters. The van der Waals surface area contributed by atoms with Crippen LogP contribution in [0.1, 0.15) is 219 Å². The number of aliphatic carboxylic acids is 1. The molecule has 69 heavy (non-hydrogen) atoms. The van der Waals surface area contributed by atoms with E-state index in [0.29, 0.717) is 19.4 Å². The molecule has 10 nitrogen and oxygen atoms in total. The number of phosphoric acid groups is 1. The van der Waals surface area contributed by atoms with Gasteiger partial charge in [0.2, 0.25) is 0 Å². The van der Waals surface area contributed by atoms with Crippen LogP contribution in [-0.2, 0) is 32.7 Å². The third kappa shape index (κ3) is 52.5. The van der Waals surface area contributed by atoms with Gasteiger partial charge in [-0.15, -0.1) is 0 Å². The Labute approximate surface area is 421 Å². The summed E-state index contributed by atoms with van der Waals surface area (Å²) >= 11 is 0. The summed E-state index contributed by atoms with van der Waals surface area (Å²) in [6.07, 6.45) is 70.5. The van der Waals surface area contributed by atoms with Crippen LogP contribution in [0.15, 0.2) is 97.2 Å². The van der Waals surface area contributed by atoms with E-state index in [1.54, 1.807) is 0 Å². The van der Waals surface area contributed by atoms with Crippen molar-refractivity contribution in [2.45, 2.75) is 231 Å². The second-order valence-corrected chi connectivity index (χ2v) is 19.4. The third-order valence-electron chi connectivity index (χ3n) is 11.3. The van der Waals surface area contributed by atoms with Crippen LogP contribution in [0.25, 0.3) is 0 Å². The molecule has 11 heteroatoms. The van der Waals surface area contributed by atoms with Crippen molar-refractivity contribution in [1.29, 1.82) is 0 Å². The zero-order valence-electron chi connectivity index (χ0n) is 43.6. The zero-order valence-corrected chi connectivity index (χ0v) is 44.5. The molecular weight excluding hydrogens is 886 g/mol. The summed E-state index contributed by atoms with van der Waals surface area (Å²) in [5, 5.41) is 8.94. The van der Waals surface area contributed by atoms with Gasteiger partial charge in [0.05, 0.1) is 19.8 Å². The Bertz CT molecular complexity index is 1470. The Hall–Kier alpha value is -3.11. The number of hydrogen-bond acceptors (Lipinski definition) is 8. The molecule has 0 spiro atoms. The molecule has 0 aliphatic heterocycles. The quantitative estimate of drug-likeness (QED) is 0.0232. The number of carbonyl (C=O) groups is 2. The SMILES string of the molecule is CC/C=C\C/C=C\C/C=C\C/C=C\C/C=C\C/C=C\C/C=C\CCCC(=O)OC(COCCCCCCCCCCCCCC/C=C\CCCCCCCCCC)COP(=O)(O)OCC(N)C(=O)O. The van der Waals surface area contributed by atoms with Crippen molar-refractivity contribution in [3.63, 3.8) is 0 Å². The van der Waals surface area contributed by atoms with Crippen molar-refractivity contribution in [1.82, 2.24) is 0 Å². The molecule has 0 heterocycles. The summed E-state index contributed by atoms with van der Waals surface area (Å²) in [5.74, 6) is -1.84. The van der Waals surface area contributed by atoms with Crippen LogP contribution >= 0.6 is 7.82 Å². The van der Waals surface area contributed by atoms with Crippen molar-refractivity contribution < 1.29 is 42.7 Å². The van der Waals surface area contributed by atoms with Gasteiger partial charge in [0.15, 0.2) is 0 Å². The van der Waals surface area contributed by atoms with Crippen LogP contribution in [-0.4, -0.2) is 60.5 Å². The van der Waals surface area contributed by atoms with E-state index >= 15 is 0 Å². The lowest BCUT2D eigenvalue weighted by atomic mass is 10.0. The van der Waals surface area contributed by atoms with E-state index in [-0.39, 0.29) is 13.0 Å². The van der Waals surface area contributed by atoms with E-state index in [1.165, 1.54) is 122 Å². The third-order valence-corrected chi connectivity index (χ3v) is 12.3. The Morgan fingerprint density at radius 3 is 1.28 bits per heavy atom. The highest BCUT2D eigenvalue weighted by Crippen LogP contribution is 2.43. The number of carbonyl (C=O) groups excluding carboxylic acids is 1. The first-order valence-electron chi connectivity index (χ1n) is 27.3. The summed E-state index contributed by atoms with van der Waals surface area (Å²) in [6.45, 7) is 3.71. The highest BCUT2D eigenvalue weighted by Gasteiger charge is 2.27. The minimum atomic E-state index is -4.65. The number of carboxylic acids is 1. The first kappa shape index (κ1) is 65.9. The average Bonchev–Trinajstić information content (AvgIpc) is 3.33. The standard InChI is InChI=1S/C58H100NO9P/c1-3-5-7-9-11-13-15-17-19-21-23-25-27-29-31-33-35-37-39-41-43-45-47-49-51-65-52-55(53-66-69(63,64)67-54-56(59)58(61)62)68-57(60)50-48-46-44-42-40-38-36-34-32-30-28-26-24-22-20-18-16-14-12-10-8-6-4-2/h6,8,12,14,18,20-21,23-24,26,30,32,36,38,42,44,55-56H,3-5,7,9-11,13,15-17,19,22,25,27-29,31,33-35,37,39-41,43,45-54,59H2,1-2H3,(H,61,62)(H,63,64)/b8-6-,14-12-,20-18-,23-21-,26-24-,32-30-,38-36-,44-42-. The predicted octanol–water partition coefficient (Wildman–Crippen LogP) is 16.4. The number of allylic oxidation sites excluding steroid dienone is 16. The van der Waals surface area contributed by atoms with Crippen molar-refractivity contribution >= 4 is 19.8 Å². The van der Waals surface area contributed by atoms with Crippen LogP contribution in [0.2, 0.25) is 0 Å². The maximum Gasteiger partial charge on any atom is 0.472 e. The molecule has 4 N–H and O–H groups in total. The van der Waals surface area contributed by atoms with E-state index in [9.17, 15) is 19.0 Å². The predicted molar refractivity (Wildman–Crippen MR) is 290 cm³/mol. The fourth-order valence-electron chi connectivity index (χ4n) is 7.18. The van der Waals surface area contributed by atoms with Gasteiger partial charge in [-0.25, -0.2) is 4.57 Å². The number of phosphoric ester groups is 1. The first-order valence-corrected chi connectivity index (χ1v) is 28.8. The van der Waals surface area contributed by atoms with Gasteiger partial charge in [0.1, 0.15) is 12.1 Å². The summed E-state index contributed by atoms with van der Waals surface area (Å²) < 4.78 is 33.5. The summed E-state index contributed by atoms with van der Waals surface area (Å²) in [7, 11) is -4.65.